The second-order valence-electron chi connectivity index (χ2n) is 5.67. The molecule has 3 nitrogen and oxygen atoms in total. The van der Waals surface area contributed by atoms with E-state index in [0.29, 0.717) is 5.56 Å². The summed E-state index contributed by atoms with van der Waals surface area (Å²) in [5.74, 6) is -1.00. The number of carboxylic acids is 1. The molecule has 0 aliphatic carbocycles. The van der Waals surface area contributed by atoms with Gasteiger partial charge in [0.05, 0.1) is 12.0 Å². The van der Waals surface area contributed by atoms with Crippen molar-refractivity contribution in [1.82, 2.24) is 0 Å². The molecule has 1 rings (SSSR count). The van der Waals surface area contributed by atoms with Crippen LogP contribution >= 0.6 is 0 Å². The largest absolute Gasteiger partial charge is 0.481 e. The van der Waals surface area contributed by atoms with E-state index in [0.717, 1.165) is 5.56 Å². The Balaban J connectivity index is 2.98. The zero-order chi connectivity index (χ0) is 13.3. The highest BCUT2D eigenvalue weighted by Gasteiger charge is 2.26. The number of carboxylic acid groups (broad SMARTS) is 1. The smallest absolute Gasteiger partial charge is 0.306 e. The lowest BCUT2D eigenvalue weighted by Gasteiger charge is -2.24. The van der Waals surface area contributed by atoms with Gasteiger partial charge in [-0.2, -0.15) is 0 Å². The molecular weight excluding hydrogens is 216 g/mol. The third-order valence-corrected chi connectivity index (χ3v) is 2.87. The lowest BCUT2D eigenvalue weighted by molar-refractivity contribution is -0.142. The van der Waals surface area contributed by atoms with Crippen LogP contribution < -0.4 is 0 Å². The zero-order valence-electron chi connectivity index (χ0n) is 10.8. The average molecular weight is 236 g/mol. The van der Waals surface area contributed by atoms with E-state index in [1.54, 1.807) is 12.1 Å². The number of aliphatic hydroxyl groups is 1. The van der Waals surface area contributed by atoms with Crippen LogP contribution in [-0.4, -0.2) is 16.2 Å². The van der Waals surface area contributed by atoms with Gasteiger partial charge in [-0.05, 0) is 23.5 Å². The predicted octanol–water partition coefficient (Wildman–Crippen LogP) is 2.67. The van der Waals surface area contributed by atoms with Gasteiger partial charge in [0.25, 0.3) is 0 Å². The average Bonchev–Trinajstić information content (AvgIpc) is 2.14. The highest BCUT2D eigenvalue weighted by Crippen LogP contribution is 2.28. The molecule has 0 amide bonds. The molecule has 2 N–H and O–H groups in total. The van der Waals surface area contributed by atoms with Gasteiger partial charge >= 0.3 is 5.97 Å². The number of benzene rings is 1. The SMILES string of the molecule is CC(C)(C)c1ccc(C(C)(O)CC(=O)O)cc1. The molecule has 0 saturated carbocycles. The first-order chi connectivity index (χ1) is 7.63. The summed E-state index contributed by atoms with van der Waals surface area (Å²) in [7, 11) is 0. The van der Waals surface area contributed by atoms with E-state index in [1.807, 2.05) is 12.1 Å². The van der Waals surface area contributed by atoms with E-state index < -0.39 is 11.6 Å². The van der Waals surface area contributed by atoms with Gasteiger partial charge in [-0.3, -0.25) is 4.79 Å². The fourth-order valence-electron chi connectivity index (χ4n) is 1.73. The van der Waals surface area contributed by atoms with Gasteiger partial charge in [0, 0.05) is 0 Å². The van der Waals surface area contributed by atoms with Crippen molar-refractivity contribution < 1.29 is 15.0 Å². The van der Waals surface area contributed by atoms with E-state index in [2.05, 4.69) is 20.8 Å². The first-order valence-corrected chi connectivity index (χ1v) is 5.68. The van der Waals surface area contributed by atoms with Crippen molar-refractivity contribution in [3.8, 4) is 0 Å². The second-order valence-corrected chi connectivity index (χ2v) is 5.67. The maximum atomic E-state index is 10.7. The normalized spacial score (nSPS) is 15.4. The van der Waals surface area contributed by atoms with Gasteiger partial charge in [-0.1, -0.05) is 45.0 Å². The van der Waals surface area contributed by atoms with Gasteiger partial charge in [0.15, 0.2) is 0 Å². The predicted molar refractivity (Wildman–Crippen MR) is 67.0 cm³/mol. The molecule has 0 bridgehead atoms. The maximum absolute atomic E-state index is 10.7. The maximum Gasteiger partial charge on any atom is 0.306 e. The monoisotopic (exact) mass is 236 g/mol. The molecule has 0 saturated heterocycles. The van der Waals surface area contributed by atoms with Gasteiger partial charge < -0.3 is 10.2 Å². The lowest BCUT2D eigenvalue weighted by Crippen LogP contribution is -2.25. The summed E-state index contributed by atoms with van der Waals surface area (Å²) in [6, 6.07) is 7.46. The Morgan fingerprint density at radius 2 is 1.47 bits per heavy atom. The number of aliphatic carboxylic acids is 1. The molecular formula is C14H20O3. The first kappa shape index (κ1) is 13.7. The van der Waals surface area contributed by atoms with Crippen molar-refractivity contribution in [3.05, 3.63) is 35.4 Å². The molecule has 0 spiro atoms. The van der Waals surface area contributed by atoms with Gasteiger partial charge in [-0.25, -0.2) is 0 Å². The molecule has 0 heterocycles. The van der Waals surface area contributed by atoms with Crippen molar-refractivity contribution in [3.63, 3.8) is 0 Å². The van der Waals surface area contributed by atoms with Crippen LogP contribution in [0.25, 0.3) is 0 Å². The van der Waals surface area contributed by atoms with E-state index in [4.69, 9.17) is 5.11 Å². The van der Waals surface area contributed by atoms with Crippen LogP contribution in [-0.2, 0) is 15.8 Å². The molecule has 0 aliphatic rings. The molecule has 1 unspecified atom stereocenters. The zero-order valence-corrected chi connectivity index (χ0v) is 10.8. The molecule has 94 valence electrons. The van der Waals surface area contributed by atoms with Crippen LogP contribution in [0.1, 0.15) is 45.2 Å². The number of carbonyl (C=O) groups is 1. The van der Waals surface area contributed by atoms with Crippen LogP contribution in [0.5, 0.6) is 0 Å². The standard InChI is InChI=1S/C14H20O3/c1-13(2,3)10-5-7-11(8-6-10)14(4,17)9-12(15)16/h5-8,17H,9H2,1-4H3,(H,15,16). The highest BCUT2D eigenvalue weighted by molar-refractivity contribution is 5.68. The summed E-state index contributed by atoms with van der Waals surface area (Å²) in [6.45, 7) is 7.85. The summed E-state index contributed by atoms with van der Waals surface area (Å²) in [6.07, 6.45) is -0.290. The Morgan fingerprint density at radius 3 is 1.82 bits per heavy atom. The molecule has 1 aromatic rings. The Labute approximate surface area is 102 Å². The first-order valence-electron chi connectivity index (χ1n) is 5.68. The van der Waals surface area contributed by atoms with Crippen LogP contribution in [0.15, 0.2) is 24.3 Å². The van der Waals surface area contributed by atoms with Gasteiger partial charge in [0.1, 0.15) is 0 Å². The molecule has 1 aromatic carbocycles. The van der Waals surface area contributed by atoms with Crippen molar-refractivity contribution in [2.45, 2.75) is 45.1 Å². The highest BCUT2D eigenvalue weighted by atomic mass is 16.4. The van der Waals surface area contributed by atoms with Crippen molar-refractivity contribution in [2.24, 2.45) is 0 Å². The topological polar surface area (TPSA) is 57.5 Å². The molecule has 0 radical (unpaired) electrons. The summed E-state index contributed by atoms with van der Waals surface area (Å²) in [5, 5.41) is 18.8. The Morgan fingerprint density at radius 1 is 1.06 bits per heavy atom. The molecule has 3 heteroatoms. The van der Waals surface area contributed by atoms with Crippen molar-refractivity contribution in [1.29, 1.82) is 0 Å². The minimum absolute atomic E-state index is 0.0528. The van der Waals surface area contributed by atoms with E-state index >= 15 is 0 Å². The van der Waals surface area contributed by atoms with Crippen molar-refractivity contribution in [2.75, 3.05) is 0 Å². The Bertz CT molecular complexity index is 396. The van der Waals surface area contributed by atoms with Crippen LogP contribution in [0.3, 0.4) is 0 Å². The molecule has 1 atom stereocenters. The van der Waals surface area contributed by atoms with E-state index in [9.17, 15) is 9.90 Å². The molecule has 0 fully saturated rings. The van der Waals surface area contributed by atoms with Gasteiger partial charge in [0.2, 0.25) is 0 Å². The number of hydrogen-bond acceptors (Lipinski definition) is 2. The molecule has 0 aromatic heterocycles. The van der Waals surface area contributed by atoms with Crippen molar-refractivity contribution >= 4 is 5.97 Å². The second kappa shape index (κ2) is 4.49. The Hall–Kier alpha value is -1.35. The Kier molecular flexibility index (Phi) is 3.62. The summed E-state index contributed by atoms with van der Waals surface area (Å²) in [5.41, 5.74) is 0.527. The van der Waals surface area contributed by atoms with Crippen LogP contribution in [0, 0.1) is 0 Å². The fourth-order valence-corrected chi connectivity index (χ4v) is 1.73. The van der Waals surface area contributed by atoms with E-state index in [-0.39, 0.29) is 11.8 Å². The number of rotatable bonds is 3. The van der Waals surface area contributed by atoms with Crippen LogP contribution in [0.2, 0.25) is 0 Å². The number of hydrogen-bond donors (Lipinski definition) is 2. The fraction of sp³-hybridized carbons (Fsp3) is 0.500. The summed E-state index contributed by atoms with van der Waals surface area (Å²) in [4.78, 5) is 10.7. The van der Waals surface area contributed by atoms with E-state index in [1.165, 1.54) is 6.92 Å². The summed E-state index contributed by atoms with van der Waals surface area (Å²) < 4.78 is 0. The lowest BCUT2D eigenvalue weighted by atomic mass is 9.84. The quantitative estimate of drug-likeness (QED) is 0.848. The minimum atomic E-state index is -1.32. The summed E-state index contributed by atoms with van der Waals surface area (Å²) >= 11 is 0. The van der Waals surface area contributed by atoms with Crippen LogP contribution in [0.4, 0.5) is 0 Å². The minimum Gasteiger partial charge on any atom is -0.481 e. The van der Waals surface area contributed by atoms with Gasteiger partial charge in [-0.15, -0.1) is 0 Å². The molecule has 17 heavy (non-hydrogen) atoms. The third kappa shape index (κ3) is 3.56. The molecule has 0 aliphatic heterocycles. The third-order valence-electron chi connectivity index (χ3n) is 2.87.